The molecule has 0 unspecified atom stereocenters. The van der Waals surface area contributed by atoms with E-state index in [1.807, 2.05) is 18.2 Å². The normalized spacial score (nSPS) is 10.7. The van der Waals surface area contributed by atoms with Crippen LogP contribution in [0.4, 0.5) is 0 Å². The molecule has 0 aliphatic heterocycles. The first-order valence-corrected chi connectivity index (χ1v) is 16.1. The second-order valence-corrected chi connectivity index (χ2v) is 10.5. The van der Waals surface area contributed by atoms with Crippen molar-refractivity contribution in [3.05, 3.63) is 86.5 Å². The van der Waals surface area contributed by atoms with E-state index in [4.69, 9.17) is 0 Å². The van der Waals surface area contributed by atoms with Crippen LogP contribution in [0.3, 0.4) is 0 Å². The molecule has 0 radical (unpaired) electrons. The van der Waals surface area contributed by atoms with Crippen LogP contribution in [-0.2, 0) is 57.8 Å². The Hall–Kier alpha value is -2.34. The average Bonchev–Trinajstić information content (AvgIpc) is 2.96. The van der Waals surface area contributed by atoms with Gasteiger partial charge in [0.2, 0.25) is 0 Å². The van der Waals surface area contributed by atoms with Gasteiger partial charge in [-0.25, -0.2) is 0 Å². The lowest BCUT2D eigenvalue weighted by Gasteiger charge is -2.26. The zero-order valence-electron chi connectivity index (χ0n) is 27.3. The van der Waals surface area contributed by atoms with Crippen molar-refractivity contribution in [1.29, 1.82) is 0 Å². The zero-order chi connectivity index (χ0) is 29.5. The second kappa shape index (κ2) is 18.1. The summed E-state index contributed by atoms with van der Waals surface area (Å²) in [6.45, 7) is 32.6. The zero-order valence-corrected chi connectivity index (χ0v) is 27.3. The minimum Gasteiger partial charge on any atom is -0.0984 e. The Bertz CT molecular complexity index is 912. The van der Waals surface area contributed by atoms with Crippen molar-refractivity contribution in [2.24, 2.45) is 0 Å². The van der Waals surface area contributed by atoms with Crippen LogP contribution < -0.4 is 0 Å². The quantitative estimate of drug-likeness (QED) is 0.216. The van der Waals surface area contributed by atoms with Crippen LogP contribution in [-0.4, -0.2) is 0 Å². The summed E-state index contributed by atoms with van der Waals surface area (Å²) in [5.41, 5.74) is 18.2. The van der Waals surface area contributed by atoms with Crippen LogP contribution in [0.5, 0.6) is 0 Å². The van der Waals surface area contributed by atoms with Gasteiger partial charge in [-0.1, -0.05) is 120 Å². The third kappa shape index (κ3) is 7.65. The SMILES string of the molecule is C=Cc1c(CC)c(C=C)c(CC)c(C=C)c1CC.CCCc1c(CC)c(CCC)c(CC)c(CCC)c1CC. The summed E-state index contributed by atoms with van der Waals surface area (Å²) in [6.07, 6.45) is 20.2. The van der Waals surface area contributed by atoms with E-state index in [0.717, 1.165) is 19.3 Å². The molecule has 0 amide bonds. The number of hydrogen-bond donors (Lipinski definition) is 0. The van der Waals surface area contributed by atoms with Crippen molar-refractivity contribution in [3.8, 4) is 0 Å². The fourth-order valence-corrected chi connectivity index (χ4v) is 6.89. The predicted molar refractivity (Wildman–Crippen MR) is 181 cm³/mol. The highest BCUT2D eigenvalue weighted by molar-refractivity contribution is 5.75. The van der Waals surface area contributed by atoms with Crippen LogP contribution in [0, 0.1) is 0 Å². The minimum atomic E-state index is 1.01. The molecule has 2 aromatic rings. The van der Waals surface area contributed by atoms with Crippen molar-refractivity contribution < 1.29 is 0 Å². The van der Waals surface area contributed by atoms with Gasteiger partial charge < -0.3 is 0 Å². The lowest BCUT2D eigenvalue weighted by Crippen LogP contribution is -2.13. The van der Waals surface area contributed by atoms with Gasteiger partial charge in [-0.15, -0.1) is 0 Å². The van der Waals surface area contributed by atoms with E-state index in [9.17, 15) is 0 Å². The molecule has 0 aromatic heterocycles. The molecule has 0 atom stereocenters. The second-order valence-electron chi connectivity index (χ2n) is 10.5. The molecule has 0 heterocycles. The van der Waals surface area contributed by atoms with E-state index >= 15 is 0 Å². The molecule has 0 saturated carbocycles. The summed E-state index contributed by atoms with van der Waals surface area (Å²) < 4.78 is 0. The molecule has 0 aliphatic carbocycles. The molecule has 0 nitrogen and oxygen atoms in total. The standard InChI is InChI=1S/C21H36.C18H24/c1-7-13-19-16(10-4)20(14-8-2)18(12-6)21(15-9-3)17(19)11-5;1-7-13-14(8-2)16(10-4)18(12-6)17(11-5)15(13)9-3/h7-15H2,1-6H3;7,10-11H,1,4-5,8-9,12H2,2-3,6H3. The Balaban J connectivity index is 0.000000395. The molecule has 0 aliphatic rings. The molecule has 0 fully saturated rings. The highest BCUT2D eigenvalue weighted by Gasteiger charge is 2.20. The van der Waals surface area contributed by atoms with E-state index in [2.05, 4.69) is 82.1 Å². The number of benzene rings is 2. The van der Waals surface area contributed by atoms with Crippen molar-refractivity contribution >= 4 is 18.2 Å². The maximum atomic E-state index is 3.99. The molecule has 0 spiro atoms. The van der Waals surface area contributed by atoms with Gasteiger partial charge in [0, 0.05) is 0 Å². The van der Waals surface area contributed by atoms with Crippen molar-refractivity contribution in [2.45, 2.75) is 139 Å². The van der Waals surface area contributed by atoms with Gasteiger partial charge in [0.25, 0.3) is 0 Å². The molecule has 0 saturated heterocycles. The molecule has 0 heteroatoms. The maximum Gasteiger partial charge on any atom is -0.0186 e. The fourth-order valence-electron chi connectivity index (χ4n) is 6.89. The molecule has 2 aromatic carbocycles. The van der Waals surface area contributed by atoms with Gasteiger partial charge in [0.15, 0.2) is 0 Å². The smallest absolute Gasteiger partial charge is 0.0186 e. The van der Waals surface area contributed by atoms with Gasteiger partial charge in [0.1, 0.15) is 0 Å². The summed E-state index contributed by atoms with van der Waals surface area (Å²) in [5, 5.41) is 0. The highest BCUT2D eigenvalue weighted by Crippen LogP contribution is 2.34. The summed E-state index contributed by atoms with van der Waals surface area (Å²) in [6, 6.07) is 0. The summed E-state index contributed by atoms with van der Waals surface area (Å²) in [5.74, 6) is 0. The van der Waals surface area contributed by atoms with Gasteiger partial charge >= 0.3 is 0 Å². The first-order valence-electron chi connectivity index (χ1n) is 16.1. The lowest BCUT2D eigenvalue weighted by atomic mass is 9.79. The van der Waals surface area contributed by atoms with E-state index in [-0.39, 0.29) is 0 Å². The van der Waals surface area contributed by atoms with Gasteiger partial charge in [-0.05, 0) is 125 Å². The number of hydrogen-bond acceptors (Lipinski definition) is 0. The fraction of sp³-hybridized carbons (Fsp3) is 0.538. The Labute approximate surface area is 243 Å². The van der Waals surface area contributed by atoms with Crippen molar-refractivity contribution in [3.63, 3.8) is 0 Å². The summed E-state index contributed by atoms with van der Waals surface area (Å²) in [7, 11) is 0. The van der Waals surface area contributed by atoms with Crippen molar-refractivity contribution in [1.82, 2.24) is 0 Å². The van der Waals surface area contributed by atoms with Crippen molar-refractivity contribution in [2.75, 3.05) is 0 Å². The van der Waals surface area contributed by atoms with Crippen LogP contribution in [0.25, 0.3) is 18.2 Å². The molecule has 0 bridgehead atoms. The molecular formula is C39H60. The van der Waals surface area contributed by atoms with Gasteiger partial charge in [-0.2, -0.15) is 0 Å². The largest absolute Gasteiger partial charge is 0.0984 e. The van der Waals surface area contributed by atoms with Crippen LogP contribution in [0.15, 0.2) is 19.7 Å². The minimum absolute atomic E-state index is 1.01. The van der Waals surface area contributed by atoms with E-state index in [1.54, 1.807) is 33.4 Å². The average molecular weight is 529 g/mol. The molecular weight excluding hydrogens is 468 g/mol. The Morgan fingerprint density at radius 2 is 0.538 bits per heavy atom. The van der Waals surface area contributed by atoms with Crippen LogP contribution in [0.1, 0.15) is 148 Å². The summed E-state index contributed by atoms with van der Waals surface area (Å²) >= 11 is 0. The molecule has 216 valence electrons. The monoisotopic (exact) mass is 528 g/mol. The first-order chi connectivity index (χ1) is 18.9. The van der Waals surface area contributed by atoms with E-state index < -0.39 is 0 Å². The third-order valence-corrected chi connectivity index (χ3v) is 8.37. The molecule has 2 rings (SSSR count). The first kappa shape index (κ1) is 34.7. The summed E-state index contributed by atoms with van der Waals surface area (Å²) in [4.78, 5) is 0. The Morgan fingerprint density at radius 1 is 0.333 bits per heavy atom. The van der Waals surface area contributed by atoms with Crippen LogP contribution in [0.2, 0.25) is 0 Å². The lowest BCUT2D eigenvalue weighted by molar-refractivity contribution is 0.795. The van der Waals surface area contributed by atoms with E-state index in [0.29, 0.717) is 0 Å². The topological polar surface area (TPSA) is 0 Å². The predicted octanol–water partition coefficient (Wildman–Crippen LogP) is 11.5. The van der Waals surface area contributed by atoms with Gasteiger partial charge in [-0.3, -0.25) is 0 Å². The Morgan fingerprint density at radius 3 is 0.667 bits per heavy atom. The van der Waals surface area contributed by atoms with E-state index in [1.165, 1.54) is 91.2 Å². The molecule has 39 heavy (non-hydrogen) atoms. The van der Waals surface area contributed by atoms with Crippen LogP contribution >= 0.6 is 0 Å². The number of rotatable bonds is 15. The van der Waals surface area contributed by atoms with Gasteiger partial charge in [0.05, 0.1) is 0 Å². The Kier molecular flexibility index (Phi) is 16.1. The molecule has 0 N–H and O–H groups in total. The third-order valence-electron chi connectivity index (χ3n) is 8.37. The maximum absolute atomic E-state index is 3.99. The highest BCUT2D eigenvalue weighted by atomic mass is 14.2.